The van der Waals surface area contributed by atoms with Gasteiger partial charge in [0.25, 0.3) is 0 Å². The third-order valence-corrected chi connectivity index (χ3v) is 5.37. The second kappa shape index (κ2) is 5.20. The predicted molar refractivity (Wildman–Crippen MR) is 72.3 cm³/mol. The van der Waals surface area contributed by atoms with Crippen LogP contribution < -0.4 is 5.32 Å². The van der Waals surface area contributed by atoms with Crippen molar-refractivity contribution in [3.8, 4) is 0 Å². The highest BCUT2D eigenvalue weighted by Crippen LogP contribution is 2.40. The lowest BCUT2D eigenvalue weighted by atomic mass is 9.77. The van der Waals surface area contributed by atoms with E-state index in [1.807, 2.05) is 0 Å². The Hall–Kier alpha value is -0.570. The zero-order chi connectivity index (χ0) is 12.4. The Kier molecular flexibility index (Phi) is 3.60. The van der Waals surface area contributed by atoms with Crippen LogP contribution in [0.1, 0.15) is 51.4 Å². The molecular formula is C15H26N2O. The molecule has 1 saturated carbocycles. The fraction of sp³-hybridized carbons (Fsp3) is 0.933. The first-order chi connectivity index (χ1) is 8.80. The molecule has 3 nitrogen and oxygen atoms in total. The van der Waals surface area contributed by atoms with Gasteiger partial charge in [0.1, 0.15) is 0 Å². The van der Waals surface area contributed by atoms with Gasteiger partial charge in [-0.1, -0.05) is 19.3 Å². The Morgan fingerprint density at radius 1 is 1.11 bits per heavy atom. The molecule has 0 unspecified atom stereocenters. The number of nitrogens with zero attached hydrogens (tertiary/aromatic N) is 1. The third kappa shape index (κ3) is 2.29. The fourth-order valence-electron chi connectivity index (χ4n) is 4.12. The minimum atomic E-state index is 0.0277. The van der Waals surface area contributed by atoms with E-state index in [0.29, 0.717) is 5.91 Å². The van der Waals surface area contributed by atoms with Gasteiger partial charge in [0.2, 0.25) is 5.91 Å². The molecule has 102 valence electrons. The molecule has 3 heteroatoms. The van der Waals surface area contributed by atoms with E-state index >= 15 is 0 Å². The number of carbonyl (C=O) groups excluding carboxylic acids is 1. The first-order valence-corrected chi connectivity index (χ1v) is 7.80. The highest BCUT2D eigenvalue weighted by molar-refractivity contribution is 5.85. The lowest BCUT2D eigenvalue weighted by Gasteiger charge is -2.33. The van der Waals surface area contributed by atoms with Crippen LogP contribution in [0.2, 0.25) is 0 Å². The quantitative estimate of drug-likeness (QED) is 0.814. The van der Waals surface area contributed by atoms with Crippen molar-refractivity contribution in [3.63, 3.8) is 0 Å². The van der Waals surface area contributed by atoms with Crippen LogP contribution in [-0.2, 0) is 4.79 Å². The molecule has 0 radical (unpaired) electrons. The standard InChI is InChI=1S/C15H26N2O/c18-14-15(6-9-16-10-7-15)8-11-17(14)12-13-4-2-1-3-5-13/h13,16H,1-12H2. The second-order valence-electron chi connectivity index (χ2n) is 6.54. The van der Waals surface area contributed by atoms with Crippen molar-refractivity contribution >= 4 is 5.91 Å². The first-order valence-electron chi connectivity index (χ1n) is 7.80. The Labute approximate surface area is 110 Å². The second-order valence-corrected chi connectivity index (χ2v) is 6.54. The Bertz CT molecular complexity index is 304. The van der Waals surface area contributed by atoms with E-state index in [1.165, 1.54) is 32.1 Å². The third-order valence-electron chi connectivity index (χ3n) is 5.37. The van der Waals surface area contributed by atoms with E-state index in [2.05, 4.69) is 10.2 Å². The van der Waals surface area contributed by atoms with Crippen LogP contribution in [0.15, 0.2) is 0 Å². The minimum absolute atomic E-state index is 0.0277. The Balaban J connectivity index is 1.59. The Morgan fingerprint density at radius 3 is 2.56 bits per heavy atom. The number of amides is 1. The van der Waals surface area contributed by atoms with Crippen LogP contribution in [0.4, 0.5) is 0 Å². The van der Waals surface area contributed by atoms with Gasteiger partial charge in [-0.2, -0.15) is 0 Å². The summed E-state index contributed by atoms with van der Waals surface area (Å²) >= 11 is 0. The zero-order valence-corrected chi connectivity index (χ0v) is 11.4. The molecule has 3 fully saturated rings. The molecule has 18 heavy (non-hydrogen) atoms. The van der Waals surface area contributed by atoms with Gasteiger partial charge >= 0.3 is 0 Å². The van der Waals surface area contributed by atoms with Gasteiger partial charge in [-0.3, -0.25) is 4.79 Å². The van der Waals surface area contributed by atoms with Gasteiger partial charge in [0.05, 0.1) is 5.41 Å². The van der Waals surface area contributed by atoms with Crippen LogP contribution in [-0.4, -0.2) is 37.0 Å². The van der Waals surface area contributed by atoms with E-state index in [4.69, 9.17) is 0 Å². The number of hydrogen-bond acceptors (Lipinski definition) is 2. The van der Waals surface area contributed by atoms with Crippen molar-refractivity contribution in [1.29, 1.82) is 0 Å². The molecule has 3 aliphatic rings. The average molecular weight is 250 g/mol. The highest BCUT2D eigenvalue weighted by Gasteiger charge is 2.46. The van der Waals surface area contributed by atoms with Gasteiger partial charge in [0, 0.05) is 13.1 Å². The number of carbonyl (C=O) groups is 1. The van der Waals surface area contributed by atoms with E-state index in [-0.39, 0.29) is 5.41 Å². The minimum Gasteiger partial charge on any atom is -0.342 e. The van der Waals surface area contributed by atoms with Crippen molar-refractivity contribution in [2.45, 2.75) is 51.4 Å². The molecule has 1 spiro atoms. The number of likely N-dealkylation sites (tertiary alicyclic amines) is 1. The van der Waals surface area contributed by atoms with Crippen LogP contribution in [0.3, 0.4) is 0 Å². The van der Waals surface area contributed by atoms with Gasteiger partial charge < -0.3 is 10.2 Å². The van der Waals surface area contributed by atoms with Crippen molar-refractivity contribution in [2.75, 3.05) is 26.2 Å². The molecule has 2 aliphatic heterocycles. The summed E-state index contributed by atoms with van der Waals surface area (Å²) in [5.41, 5.74) is 0.0277. The summed E-state index contributed by atoms with van der Waals surface area (Å²) in [5.74, 6) is 1.27. The van der Waals surface area contributed by atoms with E-state index < -0.39 is 0 Å². The monoisotopic (exact) mass is 250 g/mol. The molecule has 0 aromatic carbocycles. The summed E-state index contributed by atoms with van der Waals surface area (Å²) < 4.78 is 0. The maximum atomic E-state index is 12.7. The smallest absolute Gasteiger partial charge is 0.228 e. The maximum absolute atomic E-state index is 12.7. The van der Waals surface area contributed by atoms with E-state index in [1.54, 1.807) is 0 Å². The van der Waals surface area contributed by atoms with Crippen LogP contribution in [0, 0.1) is 11.3 Å². The van der Waals surface area contributed by atoms with Crippen molar-refractivity contribution < 1.29 is 4.79 Å². The lowest BCUT2D eigenvalue weighted by molar-refractivity contribution is -0.137. The summed E-state index contributed by atoms with van der Waals surface area (Å²) in [6.07, 6.45) is 10.1. The molecule has 2 saturated heterocycles. The number of hydrogen-bond donors (Lipinski definition) is 1. The van der Waals surface area contributed by atoms with Crippen molar-refractivity contribution in [3.05, 3.63) is 0 Å². The highest BCUT2D eigenvalue weighted by atomic mass is 16.2. The van der Waals surface area contributed by atoms with Crippen LogP contribution >= 0.6 is 0 Å². The number of rotatable bonds is 2. The van der Waals surface area contributed by atoms with Crippen molar-refractivity contribution in [1.82, 2.24) is 10.2 Å². The van der Waals surface area contributed by atoms with Crippen LogP contribution in [0.25, 0.3) is 0 Å². The summed E-state index contributed by atoms with van der Waals surface area (Å²) in [6.45, 7) is 4.13. The summed E-state index contributed by atoms with van der Waals surface area (Å²) in [6, 6.07) is 0. The van der Waals surface area contributed by atoms with Gasteiger partial charge in [0.15, 0.2) is 0 Å². The van der Waals surface area contributed by atoms with Crippen LogP contribution in [0.5, 0.6) is 0 Å². The maximum Gasteiger partial charge on any atom is 0.228 e. The lowest BCUT2D eigenvalue weighted by Crippen LogP contribution is -2.43. The molecule has 0 atom stereocenters. The summed E-state index contributed by atoms with van der Waals surface area (Å²) in [5, 5.41) is 3.38. The van der Waals surface area contributed by atoms with Gasteiger partial charge in [-0.25, -0.2) is 0 Å². The first kappa shape index (κ1) is 12.5. The molecular weight excluding hydrogens is 224 g/mol. The van der Waals surface area contributed by atoms with E-state index in [9.17, 15) is 4.79 Å². The molecule has 1 amide bonds. The predicted octanol–water partition coefficient (Wildman–Crippen LogP) is 2.17. The number of nitrogens with one attached hydrogen (secondary N) is 1. The van der Waals surface area contributed by atoms with Gasteiger partial charge in [-0.15, -0.1) is 0 Å². The molecule has 3 rings (SSSR count). The SMILES string of the molecule is O=C1N(CC2CCCCC2)CCC12CCNCC2. The molecule has 0 bridgehead atoms. The largest absolute Gasteiger partial charge is 0.342 e. The van der Waals surface area contributed by atoms with Crippen molar-refractivity contribution in [2.24, 2.45) is 11.3 Å². The zero-order valence-electron chi connectivity index (χ0n) is 11.4. The average Bonchev–Trinajstić information content (AvgIpc) is 2.71. The number of piperidine rings is 1. The molecule has 0 aromatic rings. The normalized spacial score (nSPS) is 29.1. The Morgan fingerprint density at radius 2 is 1.83 bits per heavy atom. The molecule has 1 N–H and O–H groups in total. The molecule has 1 aliphatic carbocycles. The summed E-state index contributed by atoms with van der Waals surface area (Å²) in [7, 11) is 0. The fourth-order valence-corrected chi connectivity index (χ4v) is 4.12. The van der Waals surface area contributed by atoms with Gasteiger partial charge in [-0.05, 0) is 51.1 Å². The molecule has 0 aromatic heterocycles. The molecule has 2 heterocycles. The summed E-state index contributed by atoms with van der Waals surface area (Å²) in [4.78, 5) is 14.8. The van der Waals surface area contributed by atoms with E-state index in [0.717, 1.165) is 51.4 Å². The topological polar surface area (TPSA) is 32.3 Å².